The second-order valence-corrected chi connectivity index (χ2v) is 6.85. The number of halogens is 1. The number of ether oxygens (including phenoxy) is 2. The van der Waals surface area contributed by atoms with E-state index in [0.29, 0.717) is 26.0 Å². The number of aromatic amines is 1. The molecule has 8 heteroatoms. The molecule has 0 saturated heterocycles. The van der Waals surface area contributed by atoms with Crippen LogP contribution in [-0.4, -0.2) is 35.9 Å². The molecular weight excluding hydrogens is 354 g/mol. The lowest BCUT2D eigenvalue weighted by molar-refractivity contribution is 0.0321. The lowest BCUT2D eigenvalue weighted by atomic mass is 10.1. The molecule has 1 atom stereocenters. The Morgan fingerprint density at radius 2 is 1.88 bits per heavy atom. The highest BCUT2D eigenvalue weighted by Crippen LogP contribution is 2.24. The number of carbonyl (C=O) groups is 3. The van der Waals surface area contributed by atoms with Gasteiger partial charge in [-0.25, -0.2) is 9.59 Å². The number of rotatable bonds is 5. The summed E-state index contributed by atoms with van der Waals surface area (Å²) >= 11 is 6.85. The average molecular weight is 370 g/mol. The van der Waals surface area contributed by atoms with Crippen molar-refractivity contribution in [2.75, 3.05) is 7.11 Å². The van der Waals surface area contributed by atoms with Crippen LogP contribution in [0.25, 0.3) is 0 Å². The highest BCUT2D eigenvalue weighted by molar-refractivity contribution is 7.17. The summed E-state index contributed by atoms with van der Waals surface area (Å²) in [5.41, 5.74) is 1.51. The van der Waals surface area contributed by atoms with Gasteiger partial charge in [-0.05, 0) is 38.5 Å². The van der Waals surface area contributed by atoms with Crippen LogP contribution in [0.1, 0.15) is 48.7 Å². The van der Waals surface area contributed by atoms with Crippen molar-refractivity contribution in [2.45, 2.75) is 26.9 Å². The number of methoxy groups -OCH3 is 1. The van der Waals surface area contributed by atoms with Gasteiger partial charge in [0.2, 0.25) is 5.78 Å². The van der Waals surface area contributed by atoms with Crippen LogP contribution in [0.4, 0.5) is 0 Å². The SMILES string of the molecule is COC(=O)c1c(C)[nH]c(C(=O)[C@@H](C)OC(=O)c2ccc(Cl)s2)c1C. The Morgan fingerprint density at radius 3 is 2.42 bits per heavy atom. The van der Waals surface area contributed by atoms with Crippen molar-refractivity contribution in [3.63, 3.8) is 0 Å². The van der Waals surface area contributed by atoms with Crippen LogP contribution in [0.15, 0.2) is 12.1 Å². The largest absolute Gasteiger partial charge is 0.465 e. The minimum atomic E-state index is -1.01. The maximum absolute atomic E-state index is 12.5. The average Bonchev–Trinajstić information content (AvgIpc) is 3.09. The van der Waals surface area contributed by atoms with Crippen molar-refractivity contribution >= 4 is 40.7 Å². The maximum Gasteiger partial charge on any atom is 0.349 e. The Balaban J connectivity index is 2.19. The quantitative estimate of drug-likeness (QED) is 0.643. The molecule has 0 aliphatic heterocycles. The van der Waals surface area contributed by atoms with E-state index in [4.69, 9.17) is 21.1 Å². The number of aryl methyl sites for hydroxylation is 1. The van der Waals surface area contributed by atoms with Crippen LogP contribution in [-0.2, 0) is 9.47 Å². The zero-order valence-electron chi connectivity index (χ0n) is 13.6. The van der Waals surface area contributed by atoms with Gasteiger partial charge >= 0.3 is 11.9 Å². The van der Waals surface area contributed by atoms with Gasteiger partial charge < -0.3 is 14.5 Å². The van der Waals surface area contributed by atoms with Gasteiger partial charge in [0, 0.05) is 5.69 Å². The van der Waals surface area contributed by atoms with E-state index < -0.39 is 23.8 Å². The number of nitrogens with one attached hydrogen (secondary N) is 1. The summed E-state index contributed by atoms with van der Waals surface area (Å²) in [5.74, 6) is -1.58. The third-order valence-corrected chi connectivity index (χ3v) is 4.71. The molecule has 0 bridgehead atoms. The number of hydrogen-bond acceptors (Lipinski definition) is 6. The van der Waals surface area contributed by atoms with Gasteiger partial charge in [0.15, 0.2) is 6.10 Å². The molecule has 1 N–H and O–H groups in total. The van der Waals surface area contributed by atoms with E-state index in [1.807, 2.05) is 0 Å². The number of ketones is 1. The predicted molar refractivity (Wildman–Crippen MR) is 90.1 cm³/mol. The normalized spacial score (nSPS) is 11.9. The molecule has 2 heterocycles. The molecule has 0 aromatic carbocycles. The van der Waals surface area contributed by atoms with Crippen molar-refractivity contribution in [2.24, 2.45) is 0 Å². The Labute approximate surface area is 147 Å². The molecule has 0 amide bonds. The zero-order chi connectivity index (χ0) is 18.0. The zero-order valence-corrected chi connectivity index (χ0v) is 15.1. The van der Waals surface area contributed by atoms with Crippen molar-refractivity contribution < 1.29 is 23.9 Å². The Bertz CT molecular complexity index is 807. The molecule has 128 valence electrons. The van der Waals surface area contributed by atoms with Gasteiger partial charge in [0.1, 0.15) is 4.88 Å². The lowest BCUT2D eigenvalue weighted by Crippen LogP contribution is -2.25. The fourth-order valence-electron chi connectivity index (χ4n) is 2.30. The molecule has 6 nitrogen and oxygen atoms in total. The maximum atomic E-state index is 12.5. The van der Waals surface area contributed by atoms with E-state index in [9.17, 15) is 14.4 Å². The van der Waals surface area contributed by atoms with E-state index in [1.165, 1.54) is 20.1 Å². The molecule has 2 rings (SSSR count). The molecular formula is C16H16ClNO5S. The Hall–Kier alpha value is -2.12. The Kier molecular flexibility index (Phi) is 5.46. The predicted octanol–water partition coefficient (Wildman–Crippen LogP) is 3.56. The van der Waals surface area contributed by atoms with Crippen LogP contribution < -0.4 is 0 Å². The van der Waals surface area contributed by atoms with Crippen LogP contribution in [0.3, 0.4) is 0 Å². The number of aromatic nitrogens is 1. The summed E-state index contributed by atoms with van der Waals surface area (Å²) in [7, 11) is 1.27. The summed E-state index contributed by atoms with van der Waals surface area (Å²) in [6, 6.07) is 3.11. The van der Waals surface area contributed by atoms with Crippen molar-refractivity contribution in [1.29, 1.82) is 0 Å². The van der Waals surface area contributed by atoms with Gasteiger partial charge in [-0.3, -0.25) is 4.79 Å². The van der Waals surface area contributed by atoms with E-state index in [2.05, 4.69) is 4.98 Å². The van der Waals surface area contributed by atoms with Crippen molar-refractivity contribution in [3.8, 4) is 0 Å². The molecule has 24 heavy (non-hydrogen) atoms. The van der Waals surface area contributed by atoms with Crippen LogP contribution in [0, 0.1) is 13.8 Å². The number of hydrogen-bond donors (Lipinski definition) is 1. The second-order valence-electron chi connectivity index (χ2n) is 5.13. The summed E-state index contributed by atoms with van der Waals surface area (Å²) in [4.78, 5) is 39.5. The van der Waals surface area contributed by atoms with Crippen LogP contribution in [0.5, 0.6) is 0 Å². The lowest BCUT2D eigenvalue weighted by Gasteiger charge is -2.11. The number of esters is 2. The van der Waals surface area contributed by atoms with Crippen LogP contribution in [0.2, 0.25) is 4.34 Å². The molecule has 0 fully saturated rings. The highest BCUT2D eigenvalue weighted by Gasteiger charge is 2.27. The molecule has 2 aromatic heterocycles. The third kappa shape index (κ3) is 3.52. The molecule has 2 aromatic rings. The van der Waals surface area contributed by atoms with Gasteiger partial charge in [0.25, 0.3) is 0 Å². The van der Waals surface area contributed by atoms with Gasteiger partial charge in [-0.15, -0.1) is 11.3 Å². The number of Topliss-reactive ketones (excluding diaryl/α,β-unsaturated/α-hetero) is 1. The third-order valence-electron chi connectivity index (χ3n) is 3.50. The first-order valence-corrected chi connectivity index (χ1v) is 8.23. The smallest absolute Gasteiger partial charge is 0.349 e. The minimum absolute atomic E-state index is 0.220. The number of H-pyrrole nitrogens is 1. The van der Waals surface area contributed by atoms with Crippen LogP contribution >= 0.6 is 22.9 Å². The first kappa shape index (κ1) is 18.2. The number of carbonyl (C=O) groups excluding carboxylic acids is 3. The van der Waals surface area contributed by atoms with E-state index in [0.717, 1.165) is 11.3 Å². The second kappa shape index (κ2) is 7.19. The molecule has 0 spiro atoms. The highest BCUT2D eigenvalue weighted by atomic mass is 35.5. The first-order valence-electron chi connectivity index (χ1n) is 7.04. The van der Waals surface area contributed by atoms with Gasteiger partial charge in [-0.2, -0.15) is 0 Å². The summed E-state index contributed by atoms with van der Waals surface area (Å²) in [6.07, 6.45) is -1.01. The monoisotopic (exact) mass is 369 g/mol. The summed E-state index contributed by atoms with van der Waals surface area (Å²) in [6.45, 7) is 4.78. The Morgan fingerprint density at radius 1 is 1.21 bits per heavy atom. The standard InChI is InChI=1S/C16H16ClNO5S/c1-7-12(16(21)22-4)8(2)18-13(7)14(19)9(3)23-15(20)10-5-6-11(17)24-10/h5-6,9,18H,1-4H3/t9-/m1/s1. The topological polar surface area (TPSA) is 85.5 Å². The number of thiophene rings is 1. The summed E-state index contributed by atoms with van der Waals surface area (Å²) in [5, 5.41) is 0. The van der Waals surface area contributed by atoms with Crippen molar-refractivity contribution in [3.05, 3.63) is 43.9 Å². The molecule has 0 aliphatic carbocycles. The molecule has 0 radical (unpaired) electrons. The van der Waals surface area contributed by atoms with Gasteiger partial charge in [-0.1, -0.05) is 11.6 Å². The molecule has 0 saturated carbocycles. The summed E-state index contributed by atoms with van der Waals surface area (Å²) < 4.78 is 10.4. The van der Waals surface area contributed by atoms with Crippen molar-refractivity contribution in [1.82, 2.24) is 4.98 Å². The van der Waals surface area contributed by atoms with E-state index >= 15 is 0 Å². The molecule has 0 unspecified atom stereocenters. The fourth-order valence-corrected chi connectivity index (χ4v) is 3.23. The molecule has 0 aliphatic rings. The fraction of sp³-hybridized carbons (Fsp3) is 0.312. The van der Waals surface area contributed by atoms with E-state index in [1.54, 1.807) is 19.9 Å². The minimum Gasteiger partial charge on any atom is -0.465 e. The van der Waals surface area contributed by atoms with E-state index in [-0.39, 0.29) is 5.69 Å². The first-order chi connectivity index (χ1) is 11.3. The van der Waals surface area contributed by atoms with Gasteiger partial charge in [0.05, 0.1) is 22.7 Å².